The molecule has 156 valence electrons. The molecule has 0 aliphatic carbocycles. The molecular weight excluding hydrogens is 418 g/mol. The van der Waals surface area contributed by atoms with Crippen molar-refractivity contribution in [2.24, 2.45) is 0 Å². The molecule has 4 rings (SSSR count). The Morgan fingerprint density at radius 3 is 2.50 bits per heavy atom. The molecular formula is C22H24ClN5OS. The smallest absolute Gasteiger partial charge is 0.237 e. The lowest BCUT2D eigenvalue weighted by Crippen LogP contribution is -2.24. The Morgan fingerprint density at radius 1 is 1.10 bits per heavy atom. The zero-order chi connectivity index (χ0) is 21.1. The fourth-order valence-corrected chi connectivity index (χ4v) is 4.43. The van der Waals surface area contributed by atoms with Crippen molar-refractivity contribution in [3.05, 3.63) is 59.1 Å². The van der Waals surface area contributed by atoms with E-state index in [0.717, 1.165) is 37.6 Å². The first kappa shape index (κ1) is 20.8. The van der Waals surface area contributed by atoms with E-state index in [1.807, 2.05) is 19.1 Å². The summed E-state index contributed by atoms with van der Waals surface area (Å²) in [5.74, 6) is 0.701. The second kappa shape index (κ2) is 9.10. The molecule has 1 aromatic heterocycles. The number of para-hydroxylation sites is 1. The van der Waals surface area contributed by atoms with Crippen LogP contribution >= 0.6 is 23.4 Å². The van der Waals surface area contributed by atoms with E-state index in [-0.39, 0.29) is 11.2 Å². The number of carbonyl (C=O) groups excluding carboxylic acids is 1. The number of anilines is 2. The predicted octanol–water partition coefficient (Wildman–Crippen LogP) is 4.95. The summed E-state index contributed by atoms with van der Waals surface area (Å²) < 4.78 is 2.05. The van der Waals surface area contributed by atoms with Gasteiger partial charge in [0.1, 0.15) is 0 Å². The standard InChI is InChI=1S/C22H24ClN5OS/c1-15-9-11-17(12-10-15)28-21(27-13-5-6-14-27)25-26-22(28)30-16(2)20(29)24-19-8-4-3-7-18(19)23/h3-4,7-12,16H,5-6,13-14H2,1-2H3,(H,24,29). The molecule has 2 aromatic carbocycles. The van der Waals surface area contributed by atoms with Crippen LogP contribution in [0, 0.1) is 6.92 Å². The molecule has 1 atom stereocenters. The van der Waals surface area contributed by atoms with E-state index in [4.69, 9.17) is 11.6 Å². The molecule has 6 nitrogen and oxygen atoms in total. The van der Waals surface area contributed by atoms with Crippen LogP contribution in [0.25, 0.3) is 5.69 Å². The number of aromatic nitrogens is 3. The predicted molar refractivity (Wildman–Crippen MR) is 123 cm³/mol. The zero-order valence-electron chi connectivity index (χ0n) is 17.0. The Balaban J connectivity index is 1.59. The van der Waals surface area contributed by atoms with Gasteiger partial charge in [0.05, 0.1) is 21.6 Å². The largest absolute Gasteiger partial charge is 0.341 e. The fraction of sp³-hybridized carbons (Fsp3) is 0.318. The van der Waals surface area contributed by atoms with Gasteiger partial charge in [-0.1, -0.05) is 53.2 Å². The second-order valence-electron chi connectivity index (χ2n) is 7.38. The van der Waals surface area contributed by atoms with Gasteiger partial charge in [-0.15, -0.1) is 10.2 Å². The lowest BCUT2D eigenvalue weighted by Gasteiger charge is -2.19. The van der Waals surface area contributed by atoms with Crippen LogP contribution in [-0.2, 0) is 4.79 Å². The monoisotopic (exact) mass is 441 g/mol. The normalized spacial score (nSPS) is 14.7. The van der Waals surface area contributed by atoms with Crippen LogP contribution in [0.2, 0.25) is 5.02 Å². The number of aryl methyl sites for hydroxylation is 1. The molecule has 0 radical (unpaired) electrons. The summed E-state index contributed by atoms with van der Waals surface area (Å²) >= 11 is 7.56. The molecule has 0 bridgehead atoms. The van der Waals surface area contributed by atoms with Gasteiger partial charge in [0.25, 0.3) is 0 Å². The summed E-state index contributed by atoms with van der Waals surface area (Å²) in [5.41, 5.74) is 2.79. The van der Waals surface area contributed by atoms with Crippen molar-refractivity contribution in [2.45, 2.75) is 37.1 Å². The maximum absolute atomic E-state index is 12.8. The highest BCUT2D eigenvalue weighted by Gasteiger charge is 2.25. The quantitative estimate of drug-likeness (QED) is 0.548. The summed E-state index contributed by atoms with van der Waals surface area (Å²) in [5, 5.41) is 12.6. The Morgan fingerprint density at radius 2 is 1.80 bits per heavy atom. The Labute approximate surface area is 185 Å². The third kappa shape index (κ3) is 4.47. The molecule has 1 fully saturated rings. The van der Waals surface area contributed by atoms with Crippen LogP contribution in [0.3, 0.4) is 0 Å². The number of nitrogens with zero attached hydrogens (tertiary/aromatic N) is 4. The second-order valence-corrected chi connectivity index (χ2v) is 9.09. The van der Waals surface area contributed by atoms with Crippen LogP contribution in [0.1, 0.15) is 25.3 Å². The SMILES string of the molecule is Cc1ccc(-n2c(SC(C)C(=O)Nc3ccccc3Cl)nnc2N2CCCC2)cc1. The third-order valence-electron chi connectivity index (χ3n) is 5.08. The highest BCUT2D eigenvalue weighted by molar-refractivity contribution is 8.00. The topological polar surface area (TPSA) is 63.1 Å². The third-order valence-corrected chi connectivity index (χ3v) is 6.45. The lowest BCUT2D eigenvalue weighted by atomic mass is 10.2. The van der Waals surface area contributed by atoms with Crippen molar-refractivity contribution < 1.29 is 4.79 Å². The van der Waals surface area contributed by atoms with E-state index in [0.29, 0.717) is 15.9 Å². The van der Waals surface area contributed by atoms with Crippen molar-refractivity contribution in [3.63, 3.8) is 0 Å². The van der Waals surface area contributed by atoms with E-state index in [2.05, 4.69) is 56.2 Å². The van der Waals surface area contributed by atoms with Gasteiger partial charge in [-0.25, -0.2) is 0 Å². The minimum atomic E-state index is -0.374. The van der Waals surface area contributed by atoms with Crippen molar-refractivity contribution in [1.29, 1.82) is 0 Å². The minimum Gasteiger partial charge on any atom is -0.341 e. The number of rotatable bonds is 6. The number of benzene rings is 2. The number of nitrogens with one attached hydrogen (secondary N) is 1. The lowest BCUT2D eigenvalue weighted by molar-refractivity contribution is -0.115. The summed E-state index contributed by atoms with van der Waals surface area (Å²) in [4.78, 5) is 15.0. The molecule has 30 heavy (non-hydrogen) atoms. The maximum atomic E-state index is 12.8. The highest BCUT2D eigenvalue weighted by atomic mass is 35.5. The molecule has 2 heterocycles. The number of thioether (sulfide) groups is 1. The van der Waals surface area contributed by atoms with Crippen LogP contribution in [-0.4, -0.2) is 39.0 Å². The van der Waals surface area contributed by atoms with Crippen LogP contribution < -0.4 is 10.2 Å². The molecule has 0 spiro atoms. The fourth-order valence-electron chi connectivity index (χ4n) is 3.39. The van der Waals surface area contributed by atoms with Crippen molar-refractivity contribution in [3.8, 4) is 5.69 Å². The Bertz CT molecular complexity index is 1030. The average Bonchev–Trinajstić information content (AvgIpc) is 3.40. The van der Waals surface area contributed by atoms with Gasteiger partial charge >= 0.3 is 0 Å². The summed E-state index contributed by atoms with van der Waals surface area (Å²) in [7, 11) is 0. The van der Waals surface area contributed by atoms with Gasteiger partial charge in [-0.05, 0) is 51.0 Å². The first-order chi connectivity index (χ1) is 14.5. The highest BCUT2D eigenvalue weighted by Crippen LogP contribution is 2.31. The van der Waals surface area contributed by atoms with Gasteiger partial charge in [0.15, 0.2) is 5.16 Å². The van der Waals surface area contributed by atoms with Gasteiger partial charge in [0.2, 0.25) is 11.9 Å². The molecule has 8 heteroatoms. The first-order valence-electron chi connectivity index (χ1n) is 10.0. The van der Waals surface area contributed by atoms with Crippen LogP contribution in [0.15, 0.2) is 53.7 Å². The van der Waals surface area contributed by atoms with Crippen LogP contribution in [0.4, 0.5) is 11.6 Å². The average molecular weight is 442 g/mol. The minimum absolute atomic E-state index is 0.130. The van der Waals surface area contributed by atoms with E-state index in [9.17, 15) is 4.79 Å². The molecule has 0 saturated carbocycles. The van der Waals surface area contributed by atoms with Crippen molar-refractivity contribution >= 4 is 40.9 Å². The van der Waals surface area contributed by atoms with E-state index < -0.39 is 0 Å². The summed E-state index contributed by atoms with van der Waals surface area (Å²) in [6.45, 7) is 5.86. The molecule has 1 N–H and O–H groups in total. The Hall–Kier alpha value is -2.51. The van der Waals surface area contributed by atoms with Crippen molar-refractivity contribution in [2.75, 3.05) is 23.3 Å². The first-order valence-corrected chi connectivity index (χ1v) is 11.3. The van der Waals surface area contributed by atoms with Gasteiger partial charge < -0.3 is 10.2 Å². The number of hydrogen-bond acceptors (Lipinski definition) is 5. The van der Waals surface area contributed by atoms with E-state index in [1.165, 1.54) is 17.3 Å². The number of halogens is 1. The molecule has 1 aliphatic rings. The molecule has 1 aliphatic heterocycles. The van der Waals surface area contributed by atoms with Crippen molar-refractivity contribution in [1.82, 2.24) is 14.8 Å². The molecule has 1 unspecified atom stereocenters. The molecule has 1 amide bonds. The Kier molecular flexibility index (Phi) is 6.29. The van der Waals surface area contributed by atoms with E-state index >= 15 is 0 Å². The van der Waals surface area contributed by atoms with Gasteiger partial charge in [-0.3, -0.25) is 9.36 Å². The molecule has 1 saturated heterocycles. The van der Waals surface area contributed by atoms with E-state index in [1.54, 1.807) is 12.1 Å². The van der Waals surface area contributed by atoms with Gasteiger partial charge in [0, 0.05) is 13.1 Å². The summed E-state index contributed by atoms with van der Waals surface area (Å²) in [6.07, 6.45) is 2.31. The zero-order valence-corrected chi connectivity index (χ0v) is 18.6. The van der Waals surface area contributed by atoms with Gasteiger partial charge in [-0.2, -0.15) is 0 Å². The number of amides is 1. The number of hydrogen-bond donors (Lipinski definition) is 1. The summed E-state index contributed by atoms with van der Waals surface area (Å²) in [6, 6.07) is 15.5. The number of carbonyl (C=O) groups is 1. The van der Waals surface area contributed by atoms with Crippen LogP contribution in [0.5, 0.6) is 0 Å². The maximum Gasteiger partial charge on any atom is 0.237 e. The molecule has 3 aromatic rings.